The molecule has 6 aromatic rings. The van der Waals surface area contributed by atoms with E-state index in [1.165, 1.54) is 11.3 Å². The van der Waals surface area contributed by atoms with Gasteiger partial charge >= 0.3 is 6.01 Å². The fraction of sp³-hybridized carbons (Fsp3) is 0.367. The fourth-order valence-electron chi connectivity index (χ4n) is 10.4. The summed E-state index contributed by atoms with van der Waals surface area (Å²) < 4.78 is 6.46. The van der Waals surface area contributed by atoms with E-state index in [0.717, 1.165) is 77.0 Å². The van der Waals surface area contributed by atoms with Crippen molar-refractivity contribution in [3.63, 3.8) is 0 Å². The predicted molar refractivity (Wildman–Crippen MR) is 236 cm³/mol. The first-order valence-corrected chi connectivity index (χ1v) is 21.7. The molecule has 10 rings (SSSR count). The number of anilines is 2. The van der Waals surface area contributed by atoms with Gasteiger partial charge in [0.25, 0.3) is 0 Å². The first kappa shape index (κ1) is 38.9. The summed E-state index contributed by atoms with van der Waals surface area (Å²) in [6.45, 7) is 7.33. The zero-order valence-electron chi connectivity index (χ0n) is 35.0. The van der Waals surface area contributed by atoms with Crippen molar-refractivity contribution in [1.29, 1.82) is 5.26 Å². The molecule has 310 valence electrons. The van der Waals surface area contributed by atoms with Crippen LogP contribution in [0, 0.1) is 18.3 Å². The van der Waals surface area contributed by atoms with Gasteiger partial charge in [0.05, 0.1) is 53.7 Å². The van der Waals surface area contributed by atoms with Crippen molar-refractivity contribution in [2.45, 2.75) is 62.8 Å². The van der Waals surface area contributed by atoms with Crippen LogP contribution in [0.1, 0.15) is 52.8 Å². The second-order valence-corrected chi connectivity index (χ2v) is 17.0. The number of carbonyl (C=O) groups is 1. The third-order valence-corrected chi connectivity index (χ3v) is 13.5. The van der Waals surface area contributed by atoms with Crippen LogP contribution in [0.3, 0.4) is 0 Å². The maximum atomic E-state index is 14.9. The molecule has 4 aliphatic heterocycles. The maximum absolute atomic E-state index is 14.9. The minimum absolute atomic E-state index is 0.0703. The second kappa shape index (κ2) is 16.3. The Labute approximate surface area is 357 Å². The lowest BCUT2D eigenvalue weighted by Crippen LogP contribution is -2.57. The molecule has 0 spiro atoms. The van der Waals surface area contributed by atoms with Crippen molar-refractivity contribution in [1.82, 2.24) is 34.9 Å². The van der Waals surface area contributed by atoms with Crippen molar-refractivity contribution >= 4 is 28.3 Å². The van der Waals surface area contributed by atoms with E-state index in [1.807, 2.05) is 29.3 Å². The number of hydrogen-bond donors (Lipinski definition) is 1. The highest BCUT2D eigenvalue weighted by Crippen LogP contribution is 2.49. The van der Waals surface area contributed by atoms with Gasteiger partial charge in [-0.3, -0.25) is 14.8 Å². The SMILES string of the molecule is Cc1ccc2[nH]ncc2c1N1CCc2c(nc(OC[C@@H]3CCCN3C)nc2N2CCN(C(=O)[C@H]3CN3C(c3ccccc3)(c3ccccc3)c3ccccc3)[C@@H](CC#N)C2)C1. The number of carbonyl (C=O) groups excluding carboxylic acids is 1. The number of likely N-dealkylation sites (N-methyl/N-ethyl adjacent to an activating group) is 1. The van der Waals surface area contributed by atoms with Gasteiger partial charge in [-0.25, -0.2) is 0 Å². The number of amides is 1. The molecule has 1 N–H and O–H groups in total. The number of ether oxygens (including phenoxy) is 1. The molecular formula is C49H52N10O2. The Morgan fingerprint density at radius 2 is 1.56 bits per heavy atom. The van der Waals surface area contributed by atoms with Crippen molar-refractivity contribution < 1.29 is 9.53 Å². The fourth-order valence-corrected chi connectivity index (χ4v) is 10.4. The second-order valence-electron chi connectivity index (χ2n) is 17.0. The van der Waals surface area contributed by atoms with Crippen molar-refractivity contribution in [3.05, 3.63) is 143 Å². The topological polar surface area (TPSA) is 121 Å². The van der Waals surface area contributed by atoms with E-state index < -0.39 is 5.54 Å². The van der Waals surface area contributed by atoms with Gasteiger partial charge in [-0.05, 0) is 68.1 Å². The summed E-state index contributed by atoms with van der Waals surface area (Å²) in [6, 6.07) is 38.3. The number of nitriles is 1. The van der Waals surface area contributed by atoms with Crippen LogP contribution < -0.4 is 14.5 Å². The summed E-state index contributed by atoms with van der Waals surface area (Å²) in [5, 5.41) is 18.8. The van der Waals surface area contributed by atoms with Crippen LogP contribution >= 0.6 is 0 Å². The van der Waals surface area contributed by atoms with Gasteiger partial charge in [-0.15, -0.1) is 0 Å². The van der Waals surface area contributed by atoms with E-state index in [1.54, 1.807) is 0 Å². The third kappa shape index (κ3) is 7.05. The highest BCUT2D eigenvalue weighted by Gasteiger charge is 2.57. The zero-order chi connectivity index (χ0) is 41.5. The third-order valence-electron chi connectivity index (χ3n) is 13.5. The molecule has 12 heteroatoms. The largest absolute Gasteiger partial charge is 0.462 e. The lowest BCUT2D eigenvalue weighted by molar-refractivity contribution is -0.134. The van der Waals surface area contributed by atoms with E-state index in [0.29, 0.717) is 51.4 Å². The van der Waals surface area contributed by atoms with E-state index in [9.17, 15) is 10.1 Å². The van der Waals surface area contributed by atoms with Gasteiger partial charge in [-0.1, -0.05) is 97.1 Å². The minimum Gasteiger partial charge on any atom is -0.462 e. The van der Waals surface area contributed by atoms with Crippen LogP contribution in [-0.2, 0) is 23.3 Å². The molecule has 4 aromatic carbocycles. The Bertz CT molecular complexity index is 2460. The van der Waals surface area contributed by atoms with Gasteiger partial charge in [0.1, 0.15) is 18.5 Å². The summed E-state index contributed by atoms with van der Waals surface area (Å²) in [5.74, 6) is 0.929. The Kier molecular flexibility index (Phi) is 10.4. The van der Waals surface area contributed by atoms with Crippen LogP contribution in [0.4, 0.5) is 11.5 Å². The number of fused-ring (bicyclic) bond motifs is 2. The first-order valence-electron chi connectivity index (χ1n) is 21.7. The lowest BCUT2D eigenvalue weighted by atomic mass is 9.76. The van der Waals surface area contributed by atoms with Gasteiger partial charge in [0.2, 0.25) is 5.91 Å². The van der Waals surface area contributed by atoms with Crippen molar-refractivity contribution in [2.24, 2.45) is 0 Å². The van der Waals surface area contributed by atoms with E-state index in [-0.39, 0.29) is 24.4 Å². The number of nitrogens with one attached hydrogen (secondary N) is 1. The molecule has 1 unspecified atom stereocenters. The average Bonchev–Trinajstić information content (AvgIpc) is 3.75. The number of aromatic amines is 1. The van der Waals surface area contributed by atoms with Crippen molar-refractivity contribution in [3.8, 4) is 12.1 Å². The normalized spacial score (nSPS) is 21.6. The molecule has 0 aliphatic carbocycles. The Hall–Kier alpha value is -6.29. The van der Waals surface area contributed by atoms with Crippen LogP contribution in [0.5, 0.6) is 6.01 Å². The lowest BCUT2D eigenvalue weighted by Gasteiger charge is -2.43. The summed E-state index contributed by atoms with van der Waals surface area (Å²) in [4.78, 5) is 36.5. The summed E-state index contributed by atoms with van der Waals surface area (Å²) in [7, 11) is 2.15. The van der Waals surface area contributed by atoms with Crippen LogP contribution in [0.15, 0.2) is 109 Å². The van der Waals surface area contributed by atoms with Crippen LogP contribution in [0.2, 0.25) is 0 Å². The average molecular weight is 813 g/mol. The number of aryl methyl sites for hydroxylation is 1. The quantitative estimate of drug-likeness (QED) is 0.118. The number of hydrogen-bond acceptors (Lipinski definition) is 10. The molecule has 12 nitrogen and oxygen atoms in total. The molecule has 3 fully saturated rings. The highest BCUT2D eigenvalue weighted by molar-refractivity contribution is 5.93. The Morgan fingerprint density at radius 1 is 0.852 bits per heavy atom. The number of likely N-dealkylation sites (tertiary alicyclic amines) is 1. The number of rotatable bonds is 11. The highest BCUT2D eigenvalue weighted by atomic mass is 16.5. The summed E-state index contributed by atoms with van der Waals surface area (Å²) >= 11 is 0. The van der Waals surface area contributed by atoms with E-state index in [4.69, 9.17) is 14.7 Å². The molecule has 6 heterocycles. The smallest absolute Gasteiger partial charge is 0.318 e. The number of benzene rings is 4. The van der Waals surface area contributed by atoms with Crippen LogP contribution in [0.25, 0.3) is 10.9 Å². The predicted octanol–water partition coefficient (Wildman–Crippen LogP) is 6.30. The molecule has 0 radical (unpaired) electrons. The monoisotopic (exact) mass is 812 g/mol. The van der Waals surface area contributed by atoms with Gasteiger partial charge in [0, 0.05) is 49.7 Å². The minimum atomic E-state index is -0.671. The summed E-state index contributed by atoms with van der Waals surface area (Å²) in [5.41, 5.74) is 8.10. The molecule has 3 saturated heterocycles. The van der Waals surface area contributed by atoms with Crippen LogP contribution in [-0.4, -0.2) is 112 Å². The summed E-state index contributed by atoms with van der Waals surface area (Å²) in [6.07, 6.45) is 5.13. The van der Waals surface area contributed by atoms with Gasteiger partial charge < -0.3 is 24.3 Å². The van der Waals surface area contributed by atoms with E-state index >= 15 is 0 Å². The number of piperazine rings is 1. The molecule has 1 amide bonds. The zero-order valence-corrected chi connectivity index (χ0v) is 35.0. The molecule has 0 saturated carbocycles. The van der Waals surface area contributed by atoms with Gasteiger partial charge in [0.15, 0.2) is 0 Å². The standard InChI is InChI=1S/C49H52N10O2/c1-34-20-21-42-41(29-51-54-42)45(34)56-26-23-40-43(31-56)52-48(61-33-39-19-12-25-55(39)2)53-46(40)57-27-28-58(38(30-57)22-24-50)47(60)44-32-59(44)49(35-13-6-3-7-14-35,36-15-8-4-9-16-36)37-17-10-5-11-18-37/h3-11,13-18,20-21,29,38-39,44H,12,19,22-23,25-28,30-33H2,1-2H3,(H,51,54)/t38-,39-,44+,59?/m0/s1. The van der Waals surface area contributed by atoms with E-state index in [2.05, 4.69) is 135 Å². The number of H-pyrrole nitrogens is 1. The van der Waals surface area contributed by atoms with Crippen molar-refractivity contribution in [2.75, 3.05) is 62.7 Å². The first-order chi connectivity index (χ1) is 29.9. The van der Waals surface area contributed by atoms with Gasteiger partial charge in [-0.2, -0.15) is 20.3 Å². The Morgan fingerprint density at radius 3 is 2.21 bits per heavy atom. The maximum Gasteiger partial charge on any atom is 0.318 e. The number of aromatic nitrogens is 4. The molecule has 4 aliphatic rings. The number of nitrogens with zero attached hydrogens (tertiary/aromatic N) is 9. The molecule has 0 bridgehead atoms. The molecule has 61 heavy (non-hydrogen) atoms. The molecule has 4 atom stereocenters. The molecular weight excluding hydrogens is 761 g/mol. The molecule has 2 aromatic heterocycles. The Balaban J connectivity index is 0.950.